The molecule has 2 N–H and O–H groups in total. The van der Waals surface area contributed by atoms with E-state index in [0.717, 1.165) is 50.4 Å². The van der Waals surface area contributed by atoms with Crippen LogP contribution in [-0.2, 0) is 21.2 Å². The van der Waals surface area contributed by atoms with Gasteiger partial charge in [-0.15, -0.1) is 0 Å². The number of carbonyl (C=O) groups is 1. The molecule has 0 saturated carbocycles. The second-order valence-electron chi connectivity index (χ2n) is 8.87. The van der Waals surface area contributed by atoms with Crippen molar-refractivity contribution in [3.05, 3.63) is 29.8 Å². The Balaban J connectivity index is 1.37. The number of rotatable bonds is 9. The molecule has 2 aliphatic heterocycles. The summed E-state index contributed by atoms with van der Waals surface area (Å²) in [5, 5.41) is 3.03. The summed E-state index contributed by atoms with van der Waals surface area (Å²) in [7, 11) is -3.39. The lowest BCUT2D eigenvalue weighted by Crippen LogP contribution is -3.16. The van der Waals surface area contributed by atoms with Crippen LogP contribution < -0.4 is 10.2 Å². The van der Waals surface area contributed by atoms with Crippen LogP contribution >= 0.6 is 0 Å². The standard InChI is InChI=1S/C23H37N3O3S/c1-20-8-3-6-16-25(20)17-7-15-24-23(27)14-11-21-9-12-22(13-10-21)30(28,29)26-18-4-2-5-19-26/h9-10,12-13,20H,2-8,11,14-19H2,1H3,(H,24,27)/p+1/t20-/m0/s1. The first-order valence-corrected chi connectivity index (χ1v) is 13.1. The molecule has 0 radical (unpaired) electrons. The van der Waals surface area contributed by atoms with Gasteiger partial charge < -0.3 is 10.2 Å². The second kappa shape index (κ2) is 11.3. The van der Waals surface area contributed by atoms with Gasteiger partial charge in [0.1, 0.15) is 0 Å². The van der Waals surface area contributed by atoms with Crippen LogP contribution in [0.2, 0.25) is 0 Å². The molecular weight excluding hydrogens is 398 g/mol. The summed E-state index contributed by atoms with van der Waals surface area (Å²) in [4.78, 5) is 14.2. The Bertz CT molecular complexity index is 773. The molecular formula is C23H38N3O3S+. The zero-order chi connectivity index (χ0) is 21.4. The molecule has 2 atom stereocenters. The molecule has 1 unspecified atom stereocenters. The zero-order valence-corrected chi connectivity index (χ0v) is 19.2. The number of sulfonamides is 1. The van der Waals surface area contributed by atoms with Gasteiger partial charge in [0.2, 0.25) is 15.9 Å². The van der Waals surface area contributed by atoms with E-state index < -0.39 is 10.0 Å². The minimum Gasteiger partial charge on any atom is -0.356 e. The van der Waals surface area contributed by atoms with Crippen molar-refractivity contribution in [2.24, 2.45) is 0 Å². The van der Waals surface area contributed by atoms with Gasteiger partial charge in [-0.1, -0.05) is 18.6 Å². The predicted octanol–water partition coefficient (Wildman–Crippen LogP) is 1.76. The molecule has 7 heteroatoms. The number of quaternary nitrogens is 1. The van der Waals surface area contributed by atoms with Crippen molar-refractivity contribution in [1.82, 2.24) is 9.62 Å². The van der Waals surface area contributed by atoms with Gasteiger partial charge in [0, 0.05) is 32.5 Å². The van der Waals surface area contributed by atoms with Gasteiger partial charge in [-0.2, -0.15) is 4.31 Å². The van der Waals surface area contributed by atoms with Gasteiger partial charge in [-0.3, -0.25) is 4.79 Å². The minimum atomic E-state index is -3.39. The molecule has 1 aromatic carbocycles. The van der Waals surface area contributed by atoms with E-state index >= 15 is 0 Å². The highest BCUT2D eigenvalue weighted by Gasteiger charge is 2.25. The molecule has 0 aliphatic carbocycles. The van der Waals surface area contributed by atoms with Crippen LogP contribution in [0.15, 0.2) is 29.2 Å². The van der Waals surface area contributed by atoms with Crippen LogP contribution in [0, 0.1) is 0 Å². The molecule has 1 aromatic rings. The largest absolute Gasteiger partial charge is 0.356 e. The molecule has 30 heavy (non-hydrogen) atoms. The third-order valence-corrected chi connectivity index (χ3v) is 8.51. The molecule has 2 heterocycles. The first-order chi connectivity index (χ1) is 14.5. The second-order valence-corrected chi connectivity index (χ2v) is 10.8. The molecule has 168 valence electrons. The highest BCUT2D eigenvalue weighted by molar-refractivity contribution is 7.89. The summed E-state index contributed by atoms with van der Waals surface area (Å²) in [6, 6.07) is 7.78. The Hall–Kier alpha value is -1.44. The maximum atomic E-state index is 12.7. The van der Waals surface area contributed by atoms with Crippen molar-refractivity contribution in [1.29, 1.82) is 0 Å². The van der Waals surface area contributed by atoms with E-state index in [9.17, 15) is 13.2 Å². The van der Waals surface area contributed by atoms with E-state index in [4.69, 9.17) is 0 Å². The average molecular weight is 437 g/mol. The van der Waals surface area contributed by atoms with E-state index in [1.807, 2.05) is 12.1 Å². The molecule has 0 aromatic heterocycles. The van der Waals surface area contributed by atoms with E-state index in [1.54, 1.807) is 21.3 Å². The van der Waals surface area contributed by atoms with Crippen molar-refractivity contribution in [2.75, 3.05) is 32.7 Å². The van der Waals surface area contributed by atoms with Crippen molar-refractivity contribution < 1.29 is 18.1 Å². The maximum absolute atomic E-state index is 12.7. The monoisotopic (exact) mass is 436 g/mol. The minimum absolute atomic E-state index is 0.0710. The third kappa shape index (κ3) is 6.53. The molecule has 2 saturated heterocycles. The third-order valence-electron chi connectivity index (χ3n) is 6.60. The summed E-state index contributed by atoms with van der Waals surface area (Å²) in [6.07, 6.45) is 9.06. The topological polar surface area (TPSA) is 70.9 Å². The van der Waals surface area contributed by atoms with E-state index in [2.05, 4.69) is 12.2 Å². The van der Waals surface area contributed by atoms with Crippen molar-refractivity contribution in [2.45, 2.75) is 75.6 Å². The summed E-state index contributed by atoms with van der Waals surface area (Å²) < 4.78 is 27.0. The number of hydrogen-bond donors (Lipinski definition) is 2. The molecule has 0 bridgehead atoms. The quantitative estimate of drug-likeness (QED) is 0.580. The number of aryl methyl sites for hydroxylation is 1. The number of nitrogens with one attached hydrogen (secondary N) is 2. The van der Waals surface area contributed by atoms with E-state index in [1.165, 1.54) is 25.8 Å². The number of amides is 1. The summed E-state index contributed by atoms with van der Waals surface area (Å²) in [5.41, 5.74) is 0.995. The first-order valence-electron chi connectivity index (χ1n) is 11.7. The zero-order valence-electron chi connectivity index (χ0n) is 18.4. The smallest absolute Gasteiger partial charge is 0.243 e. The molecule has 3 rings (SSSR count). The molecule has 6 nitrogen and oxygen atoms in total. The Kier molecular flexibility index (Phi) is 8.72. The summed E-state index contributed by atoms with van der Waals surface area (Å²) in [5.74, 6) is 0.0710. The van der Waals surface area contributed by atoms with Crippen LogP contribution in [0.5, 0.6) is 0 Å². The van der Waals surface area contributed by atoms with Crippen molar-refractivity contribution in [3.8, 4) is 0 Å². The highest BCUT2D eigenvalue weighted by atomic mass is 32.2. The van der Waals surface area contributed by atoms with Crippen molar-refractivity contribution >= 4 is 15.9 Å². The maximum Gasteiger partial charge on any atom is 0.243 e. The lowest BCUT2D eigenvalue weighted by atomic mass is 10.0. The fourth-order valence-electron chi connectivity index (χ4n) is 4.60. The highest BCUT2D eigenvalue weighted by Crippen LogP contribution is 2.21. The van der Waals surface area contributed by atoms with Crippen LogP contribution in [0.25, 0.3) is 0 Å². The predicted molar refractivity (Wildman–Crippen MR) is 119 cm³/mol. The van der Waals surface area contributed by atoms with Gasteiger partial charge in [-0.05, 0) is 63.1 Å². The first kappa shape index (κ1) is 23.2. The molecule has 2 aliphatic rings. The lowest BCUT2D eigenvalue weighted by molar-refractivity contribution is -0.928. The van der Waals surface area contributed by atoms with Gasteiger partial charge in [0.15, 0.2) is 0 Å². The van der Waals surface area contributed by atoms with Crippen LogP contribution in [-0.4, -0.2) is 57.4 Å². The number of hydrogen-bond acceptors (Lipinski definition) is 3. The van der Waals surface area contributed by atoms with Crippen LogP contribution in [0.3, 0.4) is 0 Å². The fraction of sp³-hybridized carbons (Fsp3) is 0.696. The SMILES string of the molecule is C[C@H]1CCCC[NH+]1CCCNC(=O)CCc1ccc(S(=O)(=O)N2CCCCC2)cc1. The number of carbonyl (C=O) groups excluding carboxylic acids is 1. The number of likely N-dealkylation sites (tertiary alicyclic amines) is 1. The average Bonchev–Trinajstić information content (AvgIpc) is 2.77. The Morgan fingerprint density at radius 3 is 2.53 bits per heavy atom. The number of piperidine rings is 2. The van der Waals surface area contributed by atoms with Crippen LogP contribution in [0.4, 0.5) is 0 Å². The van der Waals surface area contributed by atoms with Crippen molar-refractivity contribution in [3.63, 3.8) is 0 Å². The lowest BCUT2D eigenvalue weighted by Gasteiger charge is -2.30. The fourth-order valence-corrected chi connectivity index (χ4v) is 6.11. The number of benzene rings is 1. The Labute approximate surface area is 182 Å². The molecule has 2 fully saturated rings. The van der Waals surface area contributed by atoms with Gasteiger partial charge in [0.05, 0.1) is 24.0 Å². The summed E-state index contributed by atoms with van der Waals surface area (Å²) >= 11 is 0. The van der Waals surface area contributed by atoms with E-state index in [0.29, 0.717) is 30.8 Å². The molecule has 1 amide bonds. The Morgan fingerprint density at radius 1 is 1.10 bits per heavy atom. The van der Waals surface area contributed by atoms with Gasteiger partial charge in [-0.25, -0.2) is 8.42 Å². The van der Waals surface area contributed by atoms with E-state index in [-0.39, 0.29) is 5.91 Å². The van der Waals surface area contributed by atoms with Gasteiger partial charge >= 0.3 is 0 Å². The summed E-state index contributed by atoms with van der Waals surface area (Å²) in [6.45, 7) is 6.69. The normalized spacial score (nSPS) is 23.2. The number of nitrogens with zero attached hydrogens (tertiary/aromatic N) is 1. The van der Waals surface area contributed by atoms with Gasteiger partial charge in [0.25, 0.3) is 0 Å². The molecule has 0 spiro atoms. The van der Waals surface area contributed by atoms with Crippen LogP contribution in [0.1, 0.15) is 63.9 Å². The Morgan fingerprint density at radius 2 is 1.83 bits per heavy atom.